The molecule has 0 aliphatic rings. The molecule has 1 atom stereocenters. The maximum atomic E-state index is 12.6. The Morgan fingerprint density at radius 2 is 1.74 bits per heavy atom. The zero-order valence-corrected chi connectivity index (χ0v) is 23.4. The molecule has 0 saturated heterocycles. The summed E-state index contributed by atoms with van der Waals surface area (Å²) in [5.41, 5.74) is 4.00. The van der Waals surface area contributed by atoms with E-state index in [0.717, 1.165) is 54.8 Å². The third-order valence-electron chi connectivity index (χ3n) is 7.10. The maximum Gasteiger partial charge on any atom is 0.251 e. The van der Waals surface area contributed by atoms with Crippen LogP contribution >= 0.6 is 0 Å². The molecule has 0 fully saturated rings. The third-order valence-corrected chi connectivity index (χ3v) is 7.10. The zero-order chi connectivity index (χ0) is 27.6. The number of hydrogen-bond donors (Lipinski definition) is 1. The van der Waals surface area contributed by atoms with E-state index in [9.17, 15) is 4.79 Å². The van der Waals surface area contributed by atoms with Gasteiger partial charge in [0, 0.05) is 25.1 Å². The number of ether oxygens (including phenoxy) is 3. The molecule has 4 aromatic rings. The number of amides is 1. The average Bonchev–Trinajstić information content (AvgIpc) is 3.34. The first-order valence-electron chi connectivity index (χ1n) is 13.7. The third kappa shape index (κ3) is 7.11. The minimum absolute atomic E-state index is 0.140. The maximum absolute atomic E-state index is 12.6. The Labute approximate surface area is 231 Å². The predicted molar refractivity (Wildman–Crippen MR) is 155 cm³/mol. The van der Waals surface area contributed by atoms with Gasteiger partial charge < -0.3 is 24.1 Å². The Hall–Kier alpha value is -4.00. The van der Waals surface area contributed by atoms with Gasteiger partial charge in [-0.1, -0.05) is 38.1 Å². The van der Waals surface area contributed by atoms with Gasteiger partial charge in [-0.2, -0.15) is 0 Å². The van der Waals surface area contributed by atoms with E-state index in [1.165, 1.54) is 5.56 Å². The minimum atomic E-state index is -0.140. The normalized spacial score (nSPS) is 11.8. The van der Waals surface area contributed by atoms with Gasteiger partial charge in [-0.3, -0.25) is 4.79 Å². The van der Waals surface area contributed by atoms with E-state index in [1.54, 1.807) is 32.4 Å². The summed E-state index contributed by atoms with van der Waals surface area (Å²) in [6.45, 7) is 6.45. The standard InChI is InChI=1S/C32H39N3O4/c1-5-23(2)24-13-16-26(17-14-24)39-21-9-20-35-28-11-7-6-10-27(28)34-31(35)12-8-19-33-32(36)25-15-18-29(37-3)30(22-25)38-4/h6-7,10-11,13-18,22-23H,5,8-9,12,19-21H2,1-4H3,(H,33,36). The van der Waals surface area contributed by atoms with Crippen molar-refractivity contribution in [1.82, 2.24) is 14.9 Å². The van der Waals surface area contributed by atoms with Gasteiger partial charge in [-0.05, 0) is 73.2 Å². The van der Waals surface area contributed by atoms with Gasteiger partial charge in [-0.15, -0.1) is 0 Å². The van der Waals surface area contributed by atoms with Crippen LogP contribution in [0.4, 0.5) is 0 Å². The van der Waals surface area contributed by atoms with Crippen molar-refractivity contribution in [2.75, 3.05) is 27.4 Å². The van der Waals surface area contributed by atoms with Gasteiger partial charge in [0.25, 0.3) is 5.91 Å². The molecule has 1 aromatic heterocycles. The van der Waals surface area contributed by atoms with Crippen molar-refractivity contribution < 1.29 is 19.0 Å². The molecule has 7 heteroatoms. The van der Waals surface area contributed by atoms with Crippen molar-refractivity contribution in [3.05, 3.63) is 83.7 Å². The number of para-hydroxylation sites is 2. The summed E-state index contributed by atoms with van der Waals surface area (Å²) in [6.07, 6.45) is 3.54. The second-order valence-corrected chi connectivity index (χ2v) is 9.68. The number of nitrogens with zero attached hydrogens (tertiary/aromatic N) is 2. The van der Waals surface area contributed by atoms with E-state index in [0.29, 0.717) is 36.1 Å². The molecular weight excluding hydrogens is 490 g/mol. The van der Waals surface area contributed by atoms with Crippen molar-refractivity contribution in [3.8, 4) is 17.2 Å². The summed E-state index contributed by atoms with van der Waals surface area (Å²) >= 11 is 0. The topological polar surface area (TPSA) is 74.6 Å². The van der Waals surface area contributed by atoms with Crippen LogP contribution in [0.3, 0.4) is 0 Å². The average molecular weight is 530 g/mol. The number of carbonyl (C=O) groups is 1. The van der Waals surface area contributed by atoms with Crippen molar-refractivity contribution in [2.45, 2.75) is 52.0 Å². The van der Waals surface area contributed by atoms with Crippen LogP contribution in [0.5, 0.6) is 17.2 Å². The Kier molecular flexibility index (Phi) is 9.84. The summed E-state index contributed by atoms with van der Waals surface area (Å²) < 4.78 is 18.9. The van der Waals surface area contributed by atoms with Crippen molar-refractivity contribution >= 4 is 16.9 Å². The fourth-order valence-electron chi connectivity index (χ4n) is 4.63. The smallest absolute Gasteiger partial charge is 0.251 e. The molecule has 0 saturated carbocycles. The number of aryl methyl sites for hydroxylation is 2. The number of rotatable bonds is 14. The van der Waals surface area contributed by atoms with Gasteiger partial charge in [0.05, 0.1) is 31.9 Å². The molecule has 0 aliphatic heterocycles. The highest BCUT2D eigenvalue weighted by molar-refractivity contribution is 5.94. The summed E-state index contributed by atoms with van der Waals surface area (Å²) in [5, 5.41) is 3.00. The van der Waals surface area contributed by atoms with E-state index in [-0.39, 0.29) is 5.91 Å². The molecule has 0 radical (unpaired) electrons. The van der Waals surface area contributed by atoms with Gasteiger partial charge in [0.1, 0.15) is 11.6 Å². The van der Waals surface area contributed by atoms with Crippen molar-refractivity contribution in [1.29, 1.82) is 0 Å². The van der Waals surface area contributed by atoms with Crippen LogP contribution in [0.2, 0.25) is 0 Å². The van der Waals surface area contributed by atoms with E-state index in [1.807, 2.05) is 18.2 Å². The van der Waals surface area contributed by atoms with E-state index in [4.69, 9.17) is 19.2 Å². The van der Waals surface area contributed by atoms with Gasteiger partial charge in [0.2, 0.25) is 0 Å². The van der Waals surface area contributed by atoms with Crippen LogP contribution in [0.15, 0.2) is 66.7 Å². The first kappa shape index (κ1) is 28.0. The monoisotopic (exact) mass is 529 g/mol. The number of carbonyl (C=O) groups excluding carboxylic acids is 1. The lowest BCUT2D eigenvalue weighted by Gasteiger charge is -2.12. The highest BCUT2D eigenvalue weighted by atomic mass is 16.5. The zero-order valence-electron chi connectivity index (χ0n) is 23.4. The van der Waals surface area contributed by atoms with Gasteiger partial charge in [-0.25, -0.2) is 4.98 Å². The minimum Gasteiger partial charge on any atom is -0.494 e. The molecule has 39 heavy (non-hydrogen) atoms. The largest absolute Gasteiger partial charge is 0.494 e. The van der Waals surface area contributed by atoms with Crippen molar-refractivity contribution in [2.24, 2.45) is 0 Å². The van der Waals surface area contributed by atoms with Crippen molar-refractivity contribution in [3.63, 3.8) is 0 Å². The molecule has 0 aliphatic carbocycles. The van der Waals surface area contributed by atoms with Crippen LogP contribution in [0.25, 0.3) is 11.0 Å². The molecular formula is C32H39N3O4. The molecule has 1 unspecified atom stereocenters. The molecule has 1 heterocycles. The van der Waals surface area contributed by atoms with E-state index >= 15 is 0 Å². The van der Waals surface area contributed by atoms with E-state index in [2.05, 4.69) is 54.1 Å². The first-order valence-corrected chi connectivity index (χ1v) is 13.7. The number of hydrogen-bond acceptors (Lipinski definition) is 5. The highest BCUT2D eigenvalue weighted by Gasteiger charge is 2.13. The molecule has 4 rings (SSSR count). The Morgan fingerprint density at radius 3 is 2.49 bits per heavy atom. The molecule has 1 amide bonds. The Morgan fingerprint density at radius 1 is 0.974 bits per heavy atom. The van der Waals surface area contributed by atoms with Crippen LogP contribution in [-0.4, -0.2) is 42.8 Å². The van der Waals surface area contributed by atoms with Crippen LogP contribution in [-0.2, 0) is 13.0 Å². The second kappa shape index (κ2) is 13.7. The number of methoxy groups -OCH3 is 2. The molecule has 206 valence electrons. The van der Waals surface area contributed by atoms with Crippen LogP contribution in [0.1, 0.15) is 60.8 Å². The van der Waals surface area contributed by atoms with Crippen LogP contribution in [0, 0.1) is 0 Å². The number of imidazole rings is 1. The second-order valence-electron chi connectivity index (χ2n) is 9.68. The molecule has 1 N–H and O–H groups in total. The Balaban J connectivity index is 1.30. The highest BCUT2D eigenvalue weighted by Crippen LogP contribution is 2.27. The fraction of sp³-hybridized carbons (Fsp3) is 0.375. The number of aromatic nitrogens is 2. The summed E-state index contributed by atoms with van der Waals surface area (Å²) in [6, 6.07) is 21.8. The number of benzene rings is 3. The predicted octanol–water partition coefficient (Wildman–Crippen LogP) is 6.40. The lowest BCUT2D eigenvalue weighted by atomic mass is 9.99. The van der Waals surface area contributed by atoms with E-state index < -0.39 is 0 Å². The fourth-order valence-corrected chi connectivity index (χ4v) is 4.63. The lowest BCUT2D eigenvalue weighted by Crippen LogP contribution is -2.25. The molecule has 3 aromatic carbocycles. The van der Waals surface area contributed by atoms with Gasteiger partial charge >= 0.3 is 0 Å². The van der Waals surface area contributed by atoms with Crippen LogP contribution < -0.4 is 19.5 Å². The quantitative estimate of drug-likeness (QED) is 0.191. The Bertz CT molecular complexity index is 1360. The first-order chi connectivity index (χ1) is 19.0. The summed E-state index contributed by atoms with van der Waals surface area (Å²) in [7, 11) is 3.13. The summed E-state index contributed by atoms with van der Waals surface area (Å²) in [4.78, 5) is 17.5. The molecule has 0 spiro atoms. The number of fused-ring (bicyclic) bond motifs is 1. The lowest BCUT2D eigenvalue weighted by molar-refractivity contribution is 0.0952. The van der Waals surface area contributed by atoms with Gasteiger partial charge in [0.15, 0.2) is 11.5 Å². The summed E-state index contributed by atoms with van der Waals surface area (Å²) in [5.74, 6) is 3.48. The molecule has 0 bridgehead atoms. The SMILES string of the molecule is CCC(C)c1ccc(OCCCn2c(CCCNC(=O)c3ccc(OC)c(OC)c3)nc3ccccc32)cc1. The number of nitrogens with one attached hydrogen (secondary N) is 1. The molecule has 7 nitrogen and oxygen atoms in total.